The van der Waals surface area contributed by atoms with Gasteiger partial charge in [-0.2, -0.15) is 0 Å². The van der Waals surface area contributed by atoms with Gasteiger partial charge in [0.05, 0.1) is 18.1 Å². The van der Waals surface area contributed by atoms with E-state index in [4.69, 9.17) is 9.72 Å². The monoisotopic (exact) mass is 403 g/mol. The Morgan fingerprint density at radius 1 is 1.36 bits per heavy atom. The van der Waals surface area contributed by atoms with E-state index in [2.05, 4.69) is 15.2 Å². The molecule has 0 saturated carbocycles. The van der Waals surface area contributed by atoms with Crippen molar-refractivity contribution in [1.29, 1.82) is 0 Å². The van der Waals surface area contributed by atoms with Crippen molar-refractivity contribution < 1.29 is 9.53 Å². The molecule has 2 aliphatic rings. The van der Waals surface area contributed by atoms with Crippen LogP contribution in [0.3, 0.4) is 0 Å². The highest BCUT2D eigenvalue weighted by atomic mass is 32.2. The lowest BCUT2D eigenvalue weighted by Gasteiger charge is -2.44. The fourth-order valence-electron chi connectivity index (χ4n) is 3.73. The highest BCUT2D eigenvalue weighted by molar-refractivity contribution is 7.99. The zero-order valence-corrected chi connectivity index (χ0v) is 17.3. The number of piperidine rings is 1. The molecular formula is C18H25N7O2S. The number of fused-ring (bicyclic) bond motifs is 2. The number of carbonyl (C=O) groups is 1. The van der Waals surface area contributed by atoms with Crippen LogP contribution in [-0.4, -0.2) is 75.1 Å². The molecule has 2 aromatic heterocycles. The van der Waals surface area contributed by atoms with Gasteiger partial charge in [0.1, 0.15) is 11.9 Å². The average molecular weight is 404 g/mol. The lowest BCUT2D eigenvalue weighted by atomic mass is 9.83. The molecule has 9 nitrogen and oxygen atoms in total. The van der Waals surface area contributed by atoms with Gasteiger partial charge in [-0.1, -0.05) is 11.8 Å². The fourth-order valence-corrected chi connectivity index (χ4v) is 4.53. The maximum Gasteiger partial charge on any atom is 0.233 e. The number of thioether (sulfide) groups is 1. The fraction of sp³-hybridized carbons (Fsp3) is 0.611. The normalized spacial score (nSPS) is 18.2. The van der Waals surface area contributed by atoms with Crippen LogP contribution in [0, 0.1) is 0 Å². The molecule has 4 rings (SSSR count). The second-order valence-electron chi connectivity index (χ2n) is 7.42. The van der Waals surface area contributed by atoms with Gasteiger partial charge in [-0.05, 0) is 24.8 Å². The number of ether oxygens (including phenoxy) is 1. The zero-order valence-electron chi connectivity index (χ0n) is 16.5. The SMILES string of the molecule is CN(C)c1ncc2c(n1)C1(CCN(C(=O)CSc3nncn3C)CC1)OCC2. The Balaban J connectivity index is 1.43. The first-order chi connectivity index (χ1) is 13.5. The van der Waals surface area contributed by atoms with Crippen molar-refractivity contribution >= 4 is 23.6 Å². The molecule has 0 radical (unpaired) electrons. The number of nitrogens with zero attached hydrogens (tertiary/aromatic N) is 7. The van der Waals surface area contributed by atoms with Gasteiger partial charge in [-0.25, -0.2) is 9.97 Å². The number of carbonyl (C=O) groups excluding carboxylic acids is 1. The summed E-state index contributed by atoms with van der Waals surface area (Å²) in [7, 11) is 5.75. The third-order valence-corrected chi connectivity index (χ3v) is 6.37. The second kappa shape index (κ2) is 7.67. The van der Waals surface area contributed by atoms with E-state index in [0.29, 0.717) is 31.4 Å². The van der Waals surface area contributed by atoms with E-state index in [-0.39, 0.29) is 5.91 Å². The van der Waals surface area contributed by atoms with Crippen LogP contribution in [0.4, 0.5) is 5.95 Å². The van der Waals surface area contributed by atoms with Crippen molar-refractivity contribution in [2.45, 2.75) is 30.0 Å². The zero-order chi connectivity index (χ0) is 19.7. The quantitative estimate of drug-likeness (QED) is 0.695. The predicted octanol–water partition coefficient (Wildman–Crippen LogP) is 0.854. The first-order valence-corrected chi connectivity index (χ1v) is 10.4. The summed E-state index contributed by atoms with van der Waals surface area (Å²) in [6, 6.07) is 0. The maximum atomic E-state index is 12.6. The van der Waals surface area contributed by atoms with E-state index >= 15 is 0 Å². The summed E-state index contributed by atoms with van der Waals surface area (Å²) in [6.45, 7) is 2.01. The van der Waals surface area contributed by atoms with E-state index < -0.39 is 5.60 Å². The Bertz CT molecular complexity index is 861. The van der Waals surface area contributed by atoms with Crippen LogP contribution >= 0.6 is 11.8 Å². The summed E-state index contributed by atoms with van der Waals surface area (Å²) in [5.41, 5.74) is 1.75. The molecule has 0 aromatic carbocycles. The van der Waals surface area contributed by atoms with Gasteiger partial charge in [-0.15, -0.1) is 10.2 Å². The molecule has 0 N–H and O–H groups in total. The summed E-state index contributed by atoms with van der Waals surface area (Å²) >= 11 is 1.42. The average Bonchev–Trinajstić information content (AvgIpc) is 3.11. The molecule has 150 valence electrons. The number of hydrogen-bond donors (Lipinski definition) is 0. The molecule has 1 saturated heterocycles. The predicted molar refractivity (Wildman–Crippen MR) is 105 cm³/mol. The topological polar surface area (TPSA) is 89.3 Å². The van der Waals surface area contributed by atoms with Gasteiger partial charge in [0.15, 0.2) is 5.16 Å². The van der Waals surface area contributed by atoms with Crippen LogP contribution in [0.15, 0.2) is 17.7 Å². The second-order valence-corrected chi connectivity index (χ2v) is 8.37. The molecule has 0 unspecified atom stereocenters. The van der Waals surface area contributed by atoms with Gasteiger partial charge in [0.2, 0.25) is 11.9 Å². The highest BCUT2D eigenvalue weighted by Crippen LogP contribution is 2.40. The Hall–Kier alpha value is -2.20. The van der Waals surface area contributed by atoms with Crippen LogP contribution < -0.4 is 4.90 Å². The smallest absolute Gasteiger partial charge is 0.233 e. The molecule has 2 aliphatic heterocycles. The Morgan fingerprint density at radius 2 is 2.14 bits per heavy atom. The van der Waals surface area contributed by atoms with E-state index in [1.807, 2.05) is 41.7 Å². The highest BCUT2D eigenvalue weighted by Gasteiger charge is 2.43. The van der Waals surface area contributed by atoms with E-state index in [1.54, 1.807) is 6.33 Å². The molecule has 0 bridgehead atoms. The molecule has 0 aliphatic carbocycles. The largest absolute Gasteiger partial charge is 0.368 e. The summed E-state index contributed by atoms with van der Waals surface area (Å²) in [5, 5.41) is 8.61. The first kappa shape index (κ1) is 19.1. The lowest BCUT2D eigenvalue weighted by molar-refractivity contribution is -0.138. The van der Waals surface area contributed by atoms with Crippen LogP contribution in [0.5, 0.6) is 0 Å². The van der Waals surface area contributed by atoms with Crippen molar-refractivity contribution in [3.63, 3.8) is 0 Å². The summed E-state index contributed by atoms with van der Waals surface area (Å²) in [5.74, 6) is 1.18. The first-order valence-electron chi connectivity index (χ1n) is 9.41. The molecule has 4 heterocycles. The molecule has 28 heavy (non-hydrogen) atoms. The van der Waals surface area contributed by atoms with Crippen molar-refractivity contribution in [2.75, 3.05) is 44.4 Å². The summed E-state index contributed by atoms with van der Waals surface area (Å²) in [6.07, 6.45) is 5.91. The van der Waals surface area contributed by atoms with Gasteiger partial charge < -0.3 is 19.1 Å². The Morgan fingerprint density at radius 3 is 2.82 bits per heavy atom. The van der Waals surface area contributed by atoms with Crippen LogP contribution in [0.25, 0.3) is 0 Å². The molecule has 1 fully saturated rings. The molecule has 10 heteroatoms. The van der Waals surface area contributed by atoms with Gasteiger partial charge >= 0.3 is 0 Å². The van der Waals surface area contributed by atoms with E-state index in [0.717, 1.165) is 35.7 Å². The van der Waals surface area contributed by atoms with Gasteiger partial charge in [-0.3, -0.25) is 4.79 Å². The van der Waals surface area contributed by atoms with Crippen molar-refractivity contribution in [3.05, 3.63) is 23.8 Å². The third-order valence-electron chi connectivity index (χ3n) is 5.35. The molecule has 1 amide bonds. The van der Waals surface area contributed by atoms with Crippen molar-refractivity contribution in [2.24, 2.45) is 7.05 Å². The summed E-state index contributed by atoms with van der Waals surface area (Å²) in [4.78, 5) is 25.7. The van der Waals surface area contributed by atoms with Gasteiger partial charge in [0, 0.05) is 40.4 Å². The minimum Gasteiger partial charge on any atom is -0.368 e. The molecule has 2 aromatic rings. The number of likely N-dealkylation sites (tertiary alicyclic amines) is 1. The third kappa shape index (κ3) is 3.58. The van der Waals surface area contributed by atoms with Crippen molar-refractivity contribution in [3.8, 4) is 0 Å². The van der Waals surface area contributed by atoms with Crippen LogP contribution in [0.1, 0.15) is 24.1 Å². The lowest BCUT2D eigenvalue weighted by Crippen LogP contribution is -2.49. The number of anilines is 1. The Labute approximate surface area is 168 Å². The van der Waals surface area contributed by atoms with Crippen molar-refractivity contribution in [1.82, 2.24) is 29.6 Å². The van der Waals surface area contributed by atoms with E-state index in [1.165, 1.54) is 11.8 Å². The molecule has 1 spiro atoms. The standard InChI is InChI=1S/C18H25N7O2S/c1-23(2)16-19-10-13-4-9-27-18(15(13)21-16)5-7-25(8-6-18)14(26)11-28-17-22-20-12-24(17)3/h10,12H,4-9,11H2,1-3H3. The van der Waals surface area contributed by atoms with E-state index in [9.17, 15) is 4.79 Å². The number of aromatic nitrogens is 5. The molecular weight excluding hydrogens is 378 g/mol. The summed E-state index contributed by atoms with van der Waals surface area (Å²) < 4.78 is 8.07. The number of amides is 1. The maximum absolute atomic E-state index is 12.6. The number of rotatable bonds is 4. The minimum absolute atomic E-state index is 0.121. The number of hydrogen-bond acceptors (Lipinski definition) is 8. The van der Waals surface area contributed by atoms with Crippen LogP contribution in [-0.2, 0) is 28.6 Å². The van der Waals surface area contributed by atoms with Crippen LogP contribution in [0.2, 0.25) is 0 Å². The van der Waals surface area contributed by atoms with Gasteiger partial charge in [0.25, 0.3) is 0 Å². The Kier molecular flexibility index (Phi) is 5.24. The molecule has 0 atom stereocenters. The minimum atomic E-state index is -0.408. The number of aryl methyl sites for hydroxylation is 1.